The highest BCUT2D eigenvalue weighted by molar-refractivity contribution is 5.75. The van der Waals surface area contributed by atoms with E-state index in [9.17, 15) is 4.79 Å². The first-order valence-corrected chi connectivity index (χ1v) is 5.85. The van der Waals surface area contributed by atoms with E-state index < -0.39 is 0 Å². The minimum atomic E-state index is 0.0226. The van der Waals surface area contributed by atoms with Crippen LogP contribution in [0.1, 0.15) is 26.7 Å². The minimum absolute atomic E-state index is 0.0226. The first kappa shape index (κ1) is 15.3. The maximum atomic E-state index is 11.3. The van der Waals surface area contributed by atoms with Crippen LogP contribution in [0.4, 0.5) is 0 Å². The fourth-order valence-electron chi connectivity index (χ4n) is 1.16. The van der Waals surface area contributed by atoms with Crippen molar-refractivity contribution >= 4 is 5.91 Å². The topological polar surface area (TPSA) is 70.6 Å². The van der Waals surface area contributed by atoms with Crippen molar-refractivity contribution in [3.8, 4) is 0 Å². The van der Waals surface area contributed by atoms with Crippen LogP contribution in [0.2, 0.25) is 0 Å². The van der Waals surface area contributed by atoms with E-state index in [1.807, 2.05) is 0 Å². The molecule has 0 atom stereocenters. The lowest BCUT2D eigenvalue weighted by Gasteiger charge is -2.08. The van der Waals surface area contributed by atoms with Gasteiger partial charge in [-0.15, -0.1) is 0 Å². The lowest BCUT2D eigenvalue weighted by Crippen LogP contribution is -2.29. The molecule has 0 aromatic rings. The van der Waals surface area contributed by atoms with E-state index in [1.165, 1.54) is 0 Å². The van der Waals surface area contributed by atoms with Crippen molar-refractivity contribution in [1.29, 1.82) is 0 Å². The van der Waals surface area contributed by atoms with E-state index in [2.05, 4.69) is 24.5 Å². The maximum Gasteiger partial charge on any atom is 0.220 e. The fourth-order valence-corrected chi connectivity index (χ4v) is 1.16. The summed E-state index contributed by atoms with van der Waals surface area (Å²) >= 11 is 0. The van der Waals surface area contributed by atoms with Crippen LogP contribution in [-0.2, 0) is 9.53 Å². The highest BCUT2D eigenvalue weighted by Crippen LogP contribution is 1.88. The SMILES string of the molecule is CC(C)NCCCC(=O)NCCOCCO. The molecule has 0 aliphatic rings. The molecule has 0 saturated carbocycles. The first-order valence-electron chi connectivity index (χ1n) is 5.85. The van der Waals surface area contributed by atoms with Crippen LogP contribution < -0.4 is 10.6 Å². The predicted molar refractivity (Wildman–Crippen MR) is 63.3 cm³/mol. The van der Waals surface area contributed by atoms with Gasteiger partial charge in [0.25, 0.3) is 0 Å². The molecule has 0 spiro atoms. The fraction of sp³-hybridized carbons (Fsp3) is 0.909. The molecule has 0 saturated heterocycles. The number of aliphatic hydroxyl groups excluding tert-OH is 1. The zero-order chi connectivity index (χ0) is 12.2. The summed E-state index contributed by atoms with van der Waals surface area (Å²) in [7, 11) is 0. The molecule has 5 nitrogen and oxygen atoms in total. The molecule has 0 heterocycles. The molecule has 3 N–H and O–H groups in total. The minimum Gasteiger partial charge on any atom is -0.394 e. The van der Waals surface area contributed by atoms with Crippen LogP contribution in [0.5, 0.6) is 0 Å². The number of hydrogen-bond acceptors (Lipinski definition) is 4. The van der Waals surface area contributed by atoms with Gasteiger partial charge in [-0.3, -0.25) is 4.79 Å². The van der Waals surface area contributed by atoms with E-state index in [-0.39, 0.29) is 12.5 Å². The van der Waals surface area contributed by atoms with Crippen molar-refractivity contribution in [1.82, 2.24) is 10.6 Å². The van der Waals surface area contributed by atoms with Crippen molar-refractivity contribution in [2.75, 3.05) is 32.9 Å². The smallest absolute Gasteiger partial charge is 0.220 e. The molecular formula is C11H24N2O3. The number of carbonyl (C=O) groups excluding carboxylic acids is 1. The van der Waals surface area contributed by atoms with Crippen LogP contribution in [0, 0.1) is 0 Å². The third kappa shape index (κ3) is 11.4. The summed E-state index contributed by atoms with van der Waals surface area (Å²) in [4.78, 5) is 11.3. The Kier molecular flexibility index (Phi) is 10.4. The van der Waals surface area contributed by atoms with Crippen molar-refractivity contribution in [3.05, 3.63) is 0 Å². The van der Waals surface area contributed by atoms with E-state index >= 15 is 0 Å². The Labute approximate surface area is 97.6 Å². The number of carbonyl (C=O) groups is 1. The number of amides is 1. The Morgan fingerprint density at radius 3 is 2.69 bits per heavy atom. The molecule has 1 amide bonds. The molecule has 0 rings (SSSR count). The number of aliphatic hydroxyl groups is 1. The Morgan fingerprint density at radius 1 is 1.31 bits per heavy atom. The predicted octanol–water partition coefficient (Wildman–Crippen LogP) is -0.110. The normalized spacial score (nSPS) is 10.8. The third-order valence-corrected chi connectivity index (χ3v) is 1.94. The van der Waals surface area contributed by atoms with Gasteiger partial charge in [0, 0.05) is 19.0 Å². The van der Waals surface area contributed by atoms with Crippen molar-refractivity contribution in [2.24, 2.45) is 0 Å². The average molecular weight is 232 g/mol. The maximum absolute atomic E-state index is 11.3. The van der Waals surface area contributed by atoms with Gasteiger partial charge in [0.05, 0.1) is 19.8 Å². The molecule has 16 heavy (non-hydrogen) atoms. The first-order chi connectivity index (χ1) is 7.66. The second kappa shape index (κ2) is 10.9. The monoisotopic (exact) mass is 232 g/mol. The van der Waals surface area contributed by atoms with Gasteiger partial charge in [-0.2, -0.15) is 0 Å². The summed E-state index contributed by atoms with van der Waals surface area (Å²) in [5.74, 6) is 0.0538. The Hall–Kier alpha value is -0.650. The molecule has 0 fully saturated rings. The van der Waals surface area contributed by atoms with E-state index in [4.69, 9.17) is 9.84 Å². The average Bonchev–Trinajstić information content (AvgIpc) is 2.24. The number of hydrogen-bond donors (Lipinski definition) is 3. The molecule has 0 radical (unpaired) electrons. The van der Waals surface area contributed by atoms with Gasteiger partial charge in [-0.05, 0) is 13.0 Å². The van der Waals surface area contributed by atoms with Crippen molar-refractivity contribution in [3.63, 3.8) is 0 Å². The zero-order valence-corrected chi connectivity index (χ0v) is 10.3. The lowest BCUT2D eigenvalue weighted by atomic mass is 10.2. The Morgan fingerprint density at radius 2 is 2.06 bits per heavy atom. The molecule has 0 unspecified atom stereocenters. The molecule has 96 valence electrons. The van der Waals surface area contributed by atoms with Gasteiger partial charge in [-0.25, -0.2) is 0 Å². The van der Waals surface area contributed by atoms with Crippen molar-refractivity contribution < 1.29 is 14.6 Å². The number of nitrogens with one attached hydrogen (secondary N) is 2. The summed E-state index contributed by atoms with van der Waals surface area (Å²) in [5, 5.41) is 14.5. The summed E-state index contributed by atoms with van der Waals surface area (Å²) in [6, 6.07) is 0.468. The summed E-state index contributed by atoms with van der Waals surface area (Å²) in [6.45, 7) is 6.35. The molecule has 0 aliphatic carbocycles. The van der Waals surface area contributed by atoms with E-state index in [0.717, 1.165) is 13.0 Å². The van der Waals surface area contributed by atoms with Gasteiger partial charge >= 0.3 is 0 Å². The van der Waals surface area contributed by atoms with Gasteiger partial charge in [0.1, 0.15) is 0 Å². The molecule has 0 bridgehead atoms. The summed E-state index contributed by atoms with van der Waals surface area (Å²) in [5.41, 5.74) is 0. The van der Waals surface area contributed by atoms with Gasteiger partial charge < -0.3 is 20.5 Å². The standard InChI is InChI=1S/C11H24N2O3/c1-10(2)12-5-3-4-11(15)13-6-8-16-9-7-14/h10,12,14H,3-9H2,1-2H3,(H,13,15). The van der Waals surface area contributed by atoms with Crippen LogP contribution in [-0.4, -0.2) is 50.0 Å². The number of rotatable bonds is 10. The van der Waals surface area contributed by atoms with Crippen molar-refractivity contribution in [2.45, 2.75) is 32.7 Å². The van der Waals surface area contributed by atoms with Crippen LogP contribution in [0.15, 0.2) is 0 Å². The summed E-state index contributed by atoms with van der Waals surface area (Å²) in [6.07, 6.45) is 1.39. The van der Waals surface area contributed by atoms with E-state index in [1.54, 1.807) is 0 Å². The van der Waals surface area contributed by atoms with E-state index in [0.29, 0.717) is 32.2 Å². The van der Waals surface area contributed by atoms with Crippen LogP contribution in [0.3, 0.4) is 0 Å². The second-order valence-corrected chi connectivity index (χ2v) is 3.90. The Bertz CT molecular complexity index is 175. The third-order valence-electron chi connectivity index (χ3n) is 1.94. The molecule has 0 aromatic carbocycles. The second-order valence-electron chi connectivity index (χ2n) is 3.90. The zero-order valence-electron chi connectivity index (χ0n) is 10.3. The molecular weight excluding hydrogens is 208 g/mol. The largest absolute Gasteiger partial charge is 0.394 e. The number of ether oxygens (including phenoxy) is 1. The highest BCUT2D eigenvalue weighted by atomic mass is 16.5. The molecule has 0 aromatic heterocycles. The van der Waals surface area contributed by atoms with Gasteiger partial charge in [0.2, 0.25) is 5.91 Å². The van der Waals surface area contributed by atoms with Gasteiger partial charge in [0.15, 0.2) is 0 Å². The molecule has 0 aliphatic heterocycles. The van der Waals surface area contributed by atoms with Crippen LogP contribution in [0.25, 0.3) is 0 Å². The quantitative estimate of drug-likeness (QED) is 0.460. The van der Waals surface area contributed by atoms with Gasteiger partial charge in [-0.1, -0.05) is 13.8 Å². The Balaban J connectivity index is 3.18. The van der Waals surface area contributed by atoms with Crippen LogP contribution >= 0.6 is 0 Å². The summed E-state index contributed by atoms with van der Waals surface area (Å²) < 4.78 is 5.01. The lowest BCUT2D eigenvalue weighted by molar-refractivity contribution is -0.121. The molecule has 5 heteroatoms. The highest BCUT2D eigenvalue weighted by Gasteiger charge is 2.00.